The van der Waals surface area contributed by atoms with E-state index >= 15 is 0 Å². The molecule has 0 amide bonds. The molecule has 0 fully saturated rings. The Kier molecular flexibility index (Phi) is 20.8. The molecule has 2 unspecified atom stereocenters. The molecule has 1 aromatic carbocycles. The number of rotatable bonds is 10. The number of benzene rings is 1. The number of allylic oxidation sites excluding steroid dienone is 4. The molecule has 0 aliphatic heterocycles. The molecule has 2 atom stereocenters. The molecular formula is C27H48NP. The summed E-state index contributed by atoms with van der Waals surface area (Å²) in [5.41, 5.74) is 4.19. The van der Waals surface area contributed by atoms with Crippen molar-refractivity contribution in [2.24, 2.45) is 5.92 Å². The van der Waals surface area contributed by atoms with Crippen LogP contribution in [0.25, 0.3) is 0 Å². The maximum absolute atomic E-state index is 4.20. The molecule has 1 rings (SSSR count). The largest absolute Gasteiger partial charge is 0.289 e. The first-order chi connectivity index (χ1) is 13.8. The lowest BCUT2D eigenvalue weighted by Crippen LogP contribution is -2.24. The molecule has 0 saturated heterocycles. The Balaban J connectivity index is 0. The zero-order valence-corrected chi connectivity index (χ0v) is 21.7. The first-order valence-electron chi connectivity index (χ1n) is 11.3. The van der Waals surface area contributed by atoms with Gasteiger partial charge < -0.3 is 0 Å². The van der Waals surface area contributed by atoms with Crippen molar-refractivity contribution in [1.82, 2.24) is 5.09 Å². The Bertz CT molecular complexity index is 557. The zero-order chi connectivity index (χ0) is 22.7. The lowest BCUT2D eigenvalue weighted by atomic mass is 10.0. The van der Waals surface area contributed by atoms with Gasteiger partial charge >= 0.3 is 0 Å². The van der Waals surface area contributed by atoms with Gasteiger partial charge in [0.25, 0.3) is 0 Å². The predicted molar refractivity (Wildman–Crippen MR) is 139 cm³/mol. The highest BCUT2D eigenvalue weighted by Gasteiger charge is 2.11. The molecule has 166 valence electrons. The molecule has 0 radical (unpaired) electrons. The number of hydrogen-bond donors (Lipinski definition) is 1. The van der Waals surface area contributed by atoms with Gasteiger partial charge in [0.15, 0.2) is 0 Å². The third-order valence-electron chi connectivity index (χ3n) is 4.25. The summed E-state index contributed by atoms with van der Waals surface area (Å²) < 4.78 is 0. The third-order valence-corrected chi connectivity index (χ3v) is 5.92. The maximum atomic E-state index is 4.20. The van der Waals surface area contributed by atoms with E-state index in [2.05, 4.69) is 108 Å². The standard InChI is InChI=1S/C16H30NP.C9H12.C2H6/c1-8-10-16(9-2)12-18(7)17-15(6)14(5)11-13(3)4;1-2-6-9-7-4-3-5-8-9;1-2/h8-10,13,15,17H,5,11-12H2,1-4,6-7H3;3-5,7-8H,2,6H2,1H3;1-2H3/b10-8-,16-9+;;. The lowest BCUT2D eigenvalue weighted by molar-refractivity contribution is 0.602. The van der Waals surface area contributed by atoms with Crippen LogP contribution in [0.5, 0.6) is 0 Å². The number of aryl methyl sites for hydroxylation is 1. The van der Waals surface area contributed by atoms with Crippen molar-refractivity contribution in [2.45, 2.75) is 80.7 Å². The Morgan fingerprint density at radius 2 is 1.69 bits per heavy atom. The number of nitrogens with one attached hydrogen (secondary N) is 1. The molecule has 2 heteroatoms. The minimum atomic E-state index is -0.165. The average Bonchev–Trinajstić information content (AvgIpc) is 2.70. The summed E-state index contributed by atoms with van der Waals surface area (Å²) in [4.78, 5) is 0. The monoisotopic (exact) mass is 417 g/mol. The second-order valence-electron chi connectivity index (χ2n) is 7.56. The van der Waals surface area contributed by atoms with Gasteiger partial charge in [0, 0.05) is 12.2 Å². The Morgan fingerprint density at radius 3 is 2.14 bits per heavy atom. The van der Waals surface area contributed by atoms with Crippen LogP contribution in [0.2, 0.25) is 0 Å². The summed E-state index contributed by atoms with van der Waals surface area (Å²) >= 11 is 0. The third kappa shape index (κ3) is 17.4. The van der Waals surface area contributed by atoms with Gasteiger partial charge in [0.1, 0.15) is 0 Å². The highest BCUT2D eigenvalue weighted by Crippen LogP contribution is 2.31. The molecule has 29 heavy (non-hydrogen) atoms. The molecule has 1 N–H and O–H groups in total. The molecule has 1 nitrogen and oxygen atoms in total. The Hall–Kier alpha value is -1.17. The highest BCUT2D eigenvalue weighted by molar-refractivity contribution is 7.55. The Labute approximate surface area is 184 Å². The first-order valence-corrected chi connectivity index (χ1v) is 13.3. The van der Waals surface area contributed by atoms with Crippen LogP contribution in [0.3, 0.4) is 0 Å². The molecular weight excluding hydrogens is 369 g/mol. The van der Waals surface area contributed by atoms with Crippen LogP contribution in [-0.4, -0.2) is 18.9 Å². The van der Waals surface area contributed by atoms with E-state index in [1.54, 1.807) is 0 Å². The fourth-order valence-corrected chi connectivity index (χ4v) is 4.60. The van der Waals surface area contributed by atoms with Gasteiger partial charge in [-0.3, -0.25) is 5.09 Å². The molecule has 0 aliphatic rings. The van der Waals surface area contributed by atoms with Gasteiger partial charge in [-0.25, -0.2) is 0 Å². The minimum Gasteiger partial charge on any atom is -0.289 e. The van der Waals surface area contributed by atoms with Crippen molar-refractivity contribution in [2.75, 3.05) is 12.8 Å². The summed E-state index contributed by atoms with van der Waals surface area (Å²) in [7, 11) is -0.165. The van der Waals surface area contributed by atoms with Gasteiger partial charge in [-0.1, -0.05) is 102 Å². The topological polar surface area (TPSA) is 12.0 Å². The van der Waals surface area contributed by atoms with Gasteiger partial charge in [-0.05, 0) is 65.4 Å². The summed E-state index contributed by atoms with van der Waals surface area (Å²) in [6.07, 6.45) is 11.2. The molecule has 0 aliphatic carbocycles. The Morgan fingerprint density at radius 1 is 1.10 bits per heavy atom. The van der Waals surface area contributed by atoms with E-state index in [1.165, 1.54) is 29.6 Å². The van der Waals surface area contributed by atoms with Crippen LogP contribution in [0.1, 0.15) is 73.8 Å². The summed E-state index contributed by atoms with van der Waals surface area (Å²) in [6, 6.07) is 11.0. The van der Waals surface area contributed by atoms with Gasteiger partial charge in [0.05, 0.1) is 0 Å². The quantitative estimate of drug-likeness (QED) is 0.228. The van der Waals surface area contributed by atoms with Crippen LogP contribution in [0.15, 0.2) is 66.3 Å². The summed E-state index contributed by atoms with van der Waals surface area (Å²) in [6.45, 7) is 23.6. The van der Waals surface area contributed by atoms with Crippen LogP contribution < -0.4 is 5.09 Å². The van der Waals surface area contributed by atoms with E-state index in [0.29, 0.717) is 12.0 Å². The zero-order valence-electron chi connectivity index (χ0n) is 20.8. The number of hydrogen-bond acceptors (Lipinski definition) is 1. The highest BCUT2D eigenvalue weighted by atomic mass is 31.1. The molecule has 0 aromatic heterocycles. The van der Waals surface area contributed by atoms with E-state index in [1.807, 2.05) is 13.8 Å². The van der Waals surface area contributed by atoms with E-state index < -0.39 is 0 Å². The molecule has 1 aromatic rings. The van der Waals surface area contributed by atoms with Gasteiger partial charge in [0.2, 0.25) is 0 Å². The van der Waals surface area contributed by atoms with Crippen LogP contribution >= 0.6 is 8.07 Å². The van der Waals surface area contributed by atoms with E-state index in [-0.39, 0.29) is 8.07 Å². The van der Waals surface area contributed by atoms with E-state index in [4.69, 9.17) is 0 Å². The van der Waals surface area contributed by atoms with Gasteiger partial charge in [-0.15, -0.1) is 0 Å². The molecule has 0 spiro atoms. The van der Waals surface area contributed by atoms with Crippen molar-refractivity contribution in [3.63, 3.8) is 0 Å². The van der Waals surface area contributed by atoms with Gasteiger partial charge in [-0.2, -0.15) is 0 Å². The minimum absolute atomic E-state index is 0.165. The van der Waals surface area contributed by atoms with Crippen molar-refractivity contribution in [3.8, 4) is 0 Å². The molecule has 0 bridgehead atoms. The van der Waals surface area contributed by atoms with Crippen molar-refractivity contribution >= 4 is 8.07 Å². The molecule has 0 saturated carbocycles. The predicted octanol–water partition coefficient (Wildman–Crippen LogP) is 8.78. The second-order valence-corrected chi connectivity index (χ2v) is 9.53. The van der Waals surface area contributed by atoms with E-state index in [0.717, 1.165) is 12.6 Å². The fourth-order valence-electron chi connectivity index (χ4n) is 2.83. The van der Waals surface area contributed by atoms with Crippen molar-refractivity contribution in [3.05, 3.63) is 71.8 Å². The van der Waals surface area contributed by atoms with Crippen LogP contribution in [0, 0.1) is 5.92 Å². The normalized spacial score (nSPS) is 13.2. The van der Waals surface area contributed by atoms with Crippen molar-refractivity contribution in [1.29, 1.82) is 0 Å². The second kappa shape index (κ2) is 20.1. The van der Waals surface area contributed by atoms with Crippen LogP contribution in [-0.2, 0) is 6.42 Å². The summed E-state index contributed by atoms with van der Waals surface area (Å²) in [5, 5.41) is 3.70. The first kappa shape index (κ1) is 30.0. The smallest absolute Gasteiger partial charge is 0.0284 e. The lowest BCUT2D eigenvalue weighted by Gasteiger charge is -2.23. The fraction of sp³-hybridized carbons (Fsp3) is 0.556. The SMILES string of the molecule is C=C(CC(C)C)C(C)NP(C)CC(/C=C\C)=C/C.CC.CCCc1ccccc1. The van der Waals surface area contributed by atoms with Crippen molar-refractivity contribution < 1.29 is 0 Å². The average molecular weight is 418 g/mol. The van der Waals surface area contributed by atoms with Crippen LogP contribution in [0.4, 0.5) is 0 Å². The van der Waals surface area contributed by atoms with E-state index in [9.17, 15) is 0 Å². The summed E-state index contributed by atoms with van der Waals surface area (Å²) in [5.74, 6) is 0.693. The maximum Gasteiger partial charge on any atom is 0.0284 e. The molecule has 0 heterocycles.